The topological polar surface area (TPSA) is 82.0 Å². The van der Waals surface area contributed by atoms with Crippen molar-refractivity contribution >= 4 is 6.09 Å². The molecule has 0 saturated carbocycles. The second kappa shape index (κ2) is 11.4. The molecule has 2 aromatic rings. The van der Waals surface area contributed by atoms with E-state index < -0.39 is 46.2 Å². The Morgan fingerprint density at radius 2 is 1.27 bits per heavy atom. The Balaban J connectivity index is 0.000000220. The molecule has 0 radical (unpaired) electrons. The van der Waals surface area contributed by atoms with Crippen LogP contribution in [0.15, 0.2) is 36.4 Å². The number of nitrogens with zero attached hydrogens (tertiary/aromatic N) is 1. The van der Waals surface area contributed by atoms with Gasteiger partial charge in [-0.05, 0) is 71.7 Å². The first-order valence-electron chi connectivity index (χ1n) is 12.3. The summed E-state index contributed by atoms with van der Waals surface area (Å²) in [6.45, 7) is 7.13. The smallest absolute Gasteiger partial charge is 0.410 e. The van der Waals surface area contributed by atoms with Crippen LogP contribution in [0.3, 0.4) is 0 Å². The van der Waals surface area contributed by atoms with E-state index in [9.17, 15) is 32.6 Å². The van der Waals surface area contributed by atoms with E-state index in [1.807, 2.05) is 0 Å². The molecule has 2 aliphatic rings. The Hall–Kier alpha value is -2.69. The lowest BCUT2D eigenvalue weighted by Crippen LogP contribution is -2.47. The van der Waals surface area contributed by atoms with E-state index in [0.29, 0.717) is 25.9 Å². The lowest BCUT2D eigenvalue weighted by Gasteiger charge is -2.39. The molecule has 2 heterocycles. The summed E-state index contributed by atoms with van der Waals surface area (Å²) >= 11 is 0. The van der Waals surface area contributed by atoms with Gasteiger partial charge in [-0.25, -0.2) is 22.4 Å². The van der Waals surface area contributed by atoms with Crippen molar-refractivity contribution in [2.24, 2.45) is 0 Å². The molecule has 0 aromatic heterocycles. The van der Waals surface area contributed by atoms with Crippen LogP contribution in [0.25, 0.3) is 0 Å². The molecule has 2 saturated heterocycles. The molecule has 1 amide bonds. The van der Waals surface area contributed by atoms with Gasteiger partial charge in [0, 0.05) is 36.3 Å². The highest BCUT2D eigenvalue weighted by Crippen LogP contribution is 2.35. The number of hydrogen-bond acceptors (Lipinski definition) is 5. The fourth-order valence-corrected chi connectivity index (χ4v) is 4.50. The van der Waals surface area contributed by atoms with Gasteiger partial charge in [0.05, 0.1) is 11.2 Å². The molecule has 2 aliphatic heterocycles. The number of amides is 1. The molecule has 204 valence electrons. The molecule has 3 N–H and O–H groups in total. The molecule has 2 fully saturated rings. The van der Waals surface area contributed by atoms with Crippen LogP contribution in [0.4, 0.5) is 22.4 Å². The van der Waals surface area contributed by atoms with E-state index in [1.54, 1.807) is 20.8 Å². The first-order chi connectivity index (χ1) is 17.2. The number of rotatable bonds is 2. The normalized spacial score (nSPS) is 19.0. The van der Waals surface area contributed by atoms with Gasteiger partial charge in [0.15, 0.2) is 0 Å². The summed E-state index contributed by atoms with van der Waals surface area (Å²) in [4.78, 5) is 13.5. The number of carbonyl (C=O) groups is 1. The summed E-state index contributed by atoms with van der Waals surface area (Å²) in [6.07, 6.45) is 0.809. The number of hydrogen-bond donors (Lipinski definition) is 3. The van der Waals surface area contributed by atoms with E-state index in [2.05, 4.69) is 5.32 Å². The molecule has 10 heteroatoms. The molecular weight excluding hydrogens is 492 g/mol. The second-order valence-corrected chi connectivity index (χ2v) is 10.5. The fourth-order valence-electron chi connectivity index (χ4n) is 4.50. The molecule has 37 heavy (non-hydrogen) atoms. The predicted molar refractivity (Wildman–Crippen MR) is 130 cm³/mol. The first kappa shape index (κ1) is 28.9. The standard InChI is InChI=1S/C16H21F2NO3.C11H13F2NO/c1-15(2,3)22-14(20)19-8-6-16(21,7-9-19)12-5-4-11(17)10-13(12)18;12-8-1-2-9(10(13)7-8)11(15)3-5-14-6-4-11/h4-5,10,21H,6-9H2,1-3H3;1-2,7,14-15H,3-6H2. The molecule has 0 bridgehead atoms. The Kier molecular flexibility index (Phi) is 8.87. The lowest BCUT2D eigenvalue weighted by atomic mass is 9.84. The summed E-state index contributed by atoms with van der Waals surface area (Å²) < 4.78 is 58.3. The van der Waals surface area contributed by atoms with E-state index >= 15 is 0 Å². The number of ether oxygens (including phenoxy) is 1. The van der Waals surface area contributed by atoms with Crippen molar-refractivity contribution in [1.82, 2.24) is 10.2 Å². The van der Waals surface area contributed by atoms with Gasteiger partial charge in [-0.1, -0.05) is 12.1 Å². The van der Waals surface area contributed by atoms with E-state index in [1.165, 1.54) is 23.1 Å². The minimum absolute atomic E-state index is 0.0674. The SMILES string of the molecule is CC(C)(C)OC(=O)N1CCC(O)(c2ccc(F)cc2F)CC1.OC1(c2ccc(F)cc2F)CCNCC1. The van der Waals surface area contributed by atoms with Crippen molar-refractivity contribution in [2.75, 3.05) is 26.2 Å². The van der Waals surface area contributed by atoms with Crippen molar-refractivity contribution in [3.63, 3.8) is 0 Å². The highest BCUT2D eigenvalue weighted by atomic mass is 19.1. The largest absolute Gasteiger partial charge is 0.444 e. The van der Waals surface area contributed by atoms with Crippen LogP contribution in [-0.2, 0) is 15.9 Å². The van der Waals surface area contributed by atoms with Crippen LogP contribution in [0.1, 0.15) is 57.6 Å². The third kappa shape index (κ3) is 7.43. The van der Waals surface area contributed by atoms with E-state index in [0.717, 1.165) is 18.2 Å². The Morgan fingerprint density at radius 3 is 1.68 bits per heavy atom. The maximum Gasteiger partial charge on any atom is 0.410 e. The first-order valence-corrected chi connectivity index (χ1v) is 12.3. The predicted octanol–water partition coefficient (Wildman–Crippen LogP) is 4.72. The Labute approximate surface area is 214 Å². The molecular formula is C27H34F4N2O4. The average molecular weight is 527 g/mol. The number of likely N-dealkylation sites (tertiary alicyclic amines) is 1. The average Bonchev–Trinajstić information content (AvgIpc) is 2.79. The fraction of sp³-hybridized carbons (Fsp3) is 0.519. The molecule has 4 rings (SSSR count). The van der Waals surface area contributed by atoms with Gasteiger partial charge in [-0.2, -0.15) is 0 Å². The van der Waals surface area contributed by atoms with E-state index in [4.69, 9.17) is 4.74 Å². The van der Waals surface area contributed by atoms with Crippen LogP contribution >= 0.6 is 0 Å². The summed E-state index contributed by atoms with van der Waals surface area (Å²) in [5, 5.41) is 23.9. The molecule has 2 aromatic carbocycles. The van der Waals surface area contributed by atoms with Crippen molar-refractivity contribution in [2.45, 2.75) is 63.3 Å². The number of carbonyl (C=O) groups excluding carboxylic acids is 1. The quantitative estimate of drug-likeness (QED) is 0.494. The maximum absolute atomic E-state index is 13.9. The number of halogens is 4. The summed E-state index contributed by atoms with van der Waals surface area (Å²) in [5.41, 5.74) is -2.86. The van der Waals surface area contributed by atoms with Gasteiger partial charge in [0.2, 0.25) is 0 Å². The zero-order valence-electron chi connectivity index (χ0n) is 21.3. The second-order valence-electron chi connectivity index (χ2n) is 10.5. The third-order valence-electron chi connectivity index (χ3n) is 6.54. The summed E-state index contributed by atoms with van der Waals surface area (Å²) in [5.74, 6) is -2.74. The maximum atomic E-state index is 13.9. The van der Waals surface area contributed by atoms with Gasteiger partial charge in [0.1, 0.15) is 28.9 Å². The van der Waals surface area contributed by atoms with E-state index in [-0.39, 0.29) is 37.1 Å². The zero-order chi connectivity index (χ0) is 27.4. The lowest BCUT2D eigenvalue weighted by molar-refractivity contribution is -0.0375. The van der Waals surface area contributed by atoms with Crippen LogP contribution in [0, 0.1) is 23.3 Å². The van der Waals surface area contributed by atoms with Crippen molar-refractivity contribution in [1.29, 1.82) is 0 Å². The monoisotopic (exact) mass is 526 g/mol. The van der Waals surface area contributed by atoms with Gasteiger partial charge in [0.25, 0.3) is 0 Å². The van der Waals surface area contributed by atoms with Crippen LogP contribution < -0.4 is 5.32 Å². The van der Waals surface area contributed by atoms with Crippen LogP contribution in [-0.4, -0.2) is 53.0 Å². The summed E-state index contributed by atoms with van der Waals surface area (Å²) in [7, 11) is 0. The van der Waals surface area contributed by atoms with Gasteiger partial charge >= 0.3 is 6.09 Å². The molecule has 0 spiro atoms. The van der Waals surface area contributed by atoms with Crippen LogP contribution in [0.2, 0.25) is 0 Å². The van der Waals surface area contributed by atoms with Gasteiger partial charge in [-0.15, -0.1) is 0 Å². The highest BCUT2D eigenvalue weighted by Gasteiger charge is 2.38. The minimum atomic E-state index is -1.39. The third-order valence-corrected chi connectivity index (χ3v) is 6.54. The van der Waals surface area contributed by atoms with Crippen molar-refractivity contribution in [3.05, 3.63) is 70.8 Å². The molecule has 0 atom stereocenters. The van der Waals surface area contributed by atoms with Crippen molar-refractivity contribution < 1.29 is 37.3 Å². The van der Waals surface area contributed by atoms with Crippen molar-refractivity contribution in [3.8, 4) is 0 Å². The minimum Gasteiger partial charge on any atom is -0.444 e. The molecule has 0 aliphatic carbocycles. The summed E-state index contributed by atoms with van der Waals surface area (Å²) in [6, 6.07) is 6.46. The van der Waals surface area contributed by atoms with Gasteiger partial charge in [-0.3, -0.25) is 0 Å². The van der Waals surface area contributed by atoms with Crippen LogP contribution in [0.5, 0.6) is 0 Å². The molecule has 0 unspecified atom stereocenters. The Bertz CT molecular complexity index is 1090. The Morgan fingerprint density at radius 1 is 0.838 bits per heavy atom. The number of aliphatic hydroxyl groups is 2. The zero-order valence-corrected chi connectivity index (χ0v) is 21.3. The van der Waals surface area contributed by atoms with Gasteiger partial charge < -0.3 is 25.2 Å². The highest BCUT2D eigenvalue weighted by molar-refractivity contribution is 5.68. The number of piperidine rings is 2. The number of benzene rings is 2. The number of nitrogens with one attached hydrogen (secondary N) is 1. The molecule has 6 nitrogen and oxygen atoms in total.